The van der Waals surface area contributed by atoms with Gasteiger partial charge < -0.3 is 4.74 Å². The van der Waals surface area contributed by atoms with E-state index in [2.05, 4.69) is 10.1 Å². The molecule has 2 aromatic rings. The molecule has 0 N–H and O–H groups in total. The van der Waals surface area contributed by atoms with Crippen LogP contribution >= 0.6 is 11.6 Å². The fourth-order valence-electron chi connectivity index (χ4n) is 1.74. The third-order valence-electron chi connectivity index (χ3n) is 2.96. The summed E-state index contributed by atoms with van der Waals surface area (Å²) in [5.74, 6) is -0.583. The number of ether oxygens (including phenoxy) is 1. The summed E-state index contributed by atoms with van der Waals surface area (Å²) in [5.41, 5.74) is 0.599. The lowest BCUT2D eigenvalue weighted by Gasteiger charge is -2.07. The molecule has 0 radical (unpaired) electrons. The van der Waals surface area contributed by atoms with Crippen molar-refractivity contribution in [3.63, 3.8) is 0 Å². The Morgan fingerprint density at radius 2 is 2.14 bits per heavy atom. The zero-order valence-corrected chi connectivity index (χ0v) is 12.9. The largest absolute Gasteiger partial charge is 0.456 e. The van der Waals surface area contributed by atoms with Gasteiger partial charge in [-0.3, -0.25) is 4.79 Å². The number of unbranched alkanes of at least 4 members (excludes halogenated alkanes) is 1. The molecular weight excluding hydrogens is 306 g/mol. The van der Waals surface area contributed by atoms with Gasteiger partial charge in [0.1, 0.15) is 11.8 Å². The predicted molar refractivity (Wildman–Crippen MR) is 81.8 cm³/mol. The first-order valence-electron chi connectivity index (χ1n) is 6.96. The van der Waals surface area contributed by atoms with Gasteiger partial charge >= 0.3 is 5.97 Å². The minimum atomic E-state index is -0.583. The second-order valence-electron chi connectivity index (χ2n) is 4.70. The first kappa shape index (κ1) is 16.2. The van der Waals surface area contributed by atoms with Crippen LogP contribution in [-0.4, -0.2) is 20.7 Å². The lowest BCUT2D eigenvalue weighted by atomic mass is 10.3. The number of pyridine rings is 1. The molecule has 7 heteroatoms. The van der Waals surface area contributed by atoms with E-state index >= 15 is 0 Å². The van der Waals surface area contributed by atoms with Crippen LogP contribution in [0.3, 0.4) is 0 Å². The number of carbonyl (C=O) groups is 1. The van der Waals surface area contributed by atoms with Crippen LogP contribution in [0.2, 0.25) is 5.15 Å². The summed E-state index contributed by atoms with van der Waals surface area (Å²) < 4.78 is 6.44. The van der Waals surface area contributed by atoms with E-state index in [9.17, 15) is 9.59 Å². The third-order valence-corrected chi connectivity index (χ3v) is 3.18. The number of hydrogen-bond donors (Lipinski definition) is 0. The van der Waals surface area contributed by atoms with E-state index in [-0.39, 0.29) is 17.9 Å². The van der Waals surface area contributed by atoms with Crippen LogP contribution in [0.15, 0.2) is 35.3 Å². The number of rotatable bonds is 6. The topological polar surface area (TPSA) is 74.1 Å². The fraction of sp³-hybridized carbons (Fsp3) is 0.333. The molecule has 0 aliphatic rings. The van der Waals surface area contributed by atoms with Gasteiger partial charge in [0, 0.05) is 24.4 Å². The Balaban J connectivity index is 2.02. The molecule has 0 unspecified atom stereocenters. The van der Waals surface area contributed by atoms with Crippen LogP contribution in [0.4, 0.5) is 0 Å². The molecule has 22 heavy (non-hydrogen) atoms. The van der Waals surface area contributed by atoms with E-state index in [1.807, 2.05) is 6.92 Å². The van der Waals surface area contributed by atoms with E-state index in [0.29, 0.717) is 11.7 Å². The number of aryl methyl sites for hydroxylation is 1. The highest BCUT2D eigenvalue weighted by molar-refractivity contribution is 6.29. The van der Waals surface area contributed by atoms with Crippen LogP contribution in [0.1, 0.15) is 35.8 Å². The number of halogens is 1. The van der Waals surface area contributed by atoms with Crippen molar-refractivity contribution in [2.24, 2.45) is 0 Å². The highest BCUT2D eigenvalue weighted by Gasteiger charge is 2.11. The quantitative estimate of drug-likeness (QED) is 0.603. The smallest absolute Gasteiger partial charge is 0.359 e. The Hall–Kier alpha value is -2.21. The van der Waals surface area contributed by atoms with Gasteiger partial charge in [-0.1, -0.05) is 31.0 Å². The molecule has 0 saturated carbocycles. The van der Waals surface area contributed by atoms with Crippen molar-refractivity contribution < 1.29 is 9.53 Å². The van der Waals surface area contributed by atoms with E-state index in [1.54, 1.807) is 12.1 Å². The Morgan fingerprint density at radius 1 is 1.32 bits per heavy atom. The average molecular weight is 322 g/mol. The lowest BCUT2D eigenvalue weighted by molar-refractivity contribution is 0.0462. The van der Waals surface area contributed by atoms with Crippen molar-refractivity contribution in [2.75, 3.05) is 0 Å². The van der Waals surface area contributed by atoms with Gasteiger partial charge in [0.25, 0.3) is 5.56 Å². The number of aromatic nitrogens is 3. The van der Waals surface area contributed by atoms with Crippen LogP contribution in [0.25, 0.3) is 0 Å². The molecular formula is C15H16ClN3O3. The molecule has 0 saturated heterocycles. The normalized spacial score (nSPS) is 10.5. The summed E-state index contributed by atoms with van der Waals surface area (Å²) in [6.07, 6.45) is 3.29. The van der Waals surface area contributed by atoms with Crippen LogP contribution in [-0.2, 0) is 17.9 Å². The minimum absolute atomic E-state index is 0.0682. The molecule has 0 aliphatic carbocycles. The molecule has 6 nitrogen and oxygen atoms in total. The lowest BCUT2D eigenvalue weighted by Crippen LogP contribution is -2.25. The van der Waals surface area contributed by atoms with E-state index in [1.165, 1.54) is 23.0 Å². The van der Waals surface area contributed by atoms with Gasteiger partial charge in [0.2, 0.25) is 0 Å². The Bertz CT molecular complexity index is 698. The number of carbonyl (C=O) groups excluding carboxylic acids is 1. The van der Waals surface area contributed by atoms with Crippen LogP contribution < -0.4 is 5.56 Å². The van der Waals surface area contributed by atoms with E-state index in [0.717, 1.165) is 18.4 Å². The molecule has 2 heterocycles. The van der Waals surface area contributed by atoms with Gasteiger partial charge in [-0.15, -0.1) is 0 Å². The van der Waals surface area contributed by atoms with Crippen LogP contribution in [0, 0.1) is 0 Å². The minimum Gasteiger partial charge on any atom is -0.456 e. The van der Waals surface area contributed by atoms with Gasteiger partial charge in [-0.05, 0) is 18.6 Å². The van der Waals surface area contributed by atoms with Gasteiger partial charge in [-0.2, -0.15) is 5.10 Å². The van der Waals surface area contributed by atoms with Crippen molar-refractivity contribution in [1.82, 2.24) is 14.8 Å². The third kappa shape index (κ3) is 4.39. The summed E-state index contributed by atoms with van der Waals surface area (Å²) in [7, 11) is 0. The zero-order chi connectivity index (χ0) is 15.9. The van der Waals surface area contributed by atoms with Crippen molar-refractivity contribution in [3.8, 4) is 0 Å². The van der Waals surface area contributed by atoms with E-state index in [4.69, 9.17) is 16.3 Å². The first-order chi connectivity index (χ1) is 10.6. The standard InChI is InChI=1S/C15H16ClN3O3/c1-2-3-8-19-14(20)7-5-12(18-19)15(21)22-10-11-4-6-13(16)17-9-11/h4-7,9H,2-3,8,10H2,1H3. The Morgan fingerprint density at radius 3 is 2.82 bits per heavy atom. The average Bonchev–Trinajstić information content (AvgIpc) is 2.53. The maximum atomic E-state index is 12.0. The van der Waals surface area contributed by atoms with E-state index < -0.39 is 5.97 Å². The Kier molecular flexibility index (Phi) is 5.66. The number of esters is 1. The molecule has 2 aromatic heterocycles. The highest BCUT2D eigenvalue weighted by atomic mass is 35.5. The molecule has 0 aliphatic heterocycles. The van der Waals surface area contributed by atoms with Crippen molar-refractivity contribution >= 4 is 17.6 Å². The zero-order valence-electron chi connectivity index (χ0n) is 12.2. The molecule has 0 bridgehead atoms. The van der Waals surface area contributed by atoms with Gasteiger partial charge in [-0.25, -0.2) is 14.5 Å². The molecule has 0 atom stereocenters. The first-order valence-corrected chi connectivity index (χ1v) is 7.33. The van der Waals surface area contributed by atoms with Crippen LogP contribution in [0.5, 0.6) is 0 Å². The van der Waals surface area contributed by atoms with Crippen molar-refractivity contribution in [1.29, 1.82) is 0 Å². The molecule has 0 amide bonds. The summed E-state index contributed by atoms with van der Waals surface area (Å²) in [5, 5.41) is 4.40. The highest BCUT2D eigenvalue weighted by Crippen LogP contribution is 2.07. The van der Waals surface area contributed by atoms with Crippen molar-refractivity contribution in [2.45, 2.75) is 32.9 Å². The second-order valence-corrected chi connectivity index (χ2v) is 5.09. The number of nitrogens with zero attached hydrogens (tertiary/aromatic N) is 3. The molecule has 0 spiro atoms. The van der Waals surface area contributed by atoms with Crippen molar-refractivity contribution in [3.05, 3.63) is 57.2 Å². The van der Waals surface area contributed by atoms with Gasteiger partial charge in [0.15, 0.2) is 5.69 Å². The van der Waals surface area contributed by atoms with Gasteiger partial charge in [0.05, 0.1) is 0 Å². The summed E-state index contributed by atoms with van der Waals surface area (Å²) in [6, 6.07) is 6.03. The SMILES string of the molecule is CCCCn1nc(C(=O)OCc2ccc(Cl)nc2)ccc1=O. The maximum absolute atomic E-state index is 12.0. The maximum Gasteiger partial charge on any atom is 0.359 e. The fourth-order valence-corrected chi connectivity index (χ4v) is 1.85. The monoisotopic (exact) mass is 321 g/mol. The summed E-state index contributed by atoms with van der Waals surface area (Å²) >= 11 is 5.68. The summed E-state index contributed by atoms with van der Waals surface area (Å²) in [4.78, 5) is 27.5. The molecule has 0 fully saturated rings. The molecule has 116 valence electrons. The Labute approximate surface area is 132 Å². The molecule has 2 rings (SSSR count). The predicted octanol–water partition coefficient (Wildman–Crippen LogP) is 2.45. The number of hydrogen-bond acceptors (Lipinski definition) is 5. The second kappa shape index (κ2) is 7.70. The summed E-state index contributed by atoms with van der Waals surface area (Å²) in [6.45, 7) is 2.57. The molecule has 0 aromatic carbocycles.